The lowest BCUT2D eigenvalue weighted by atomic mass is 9.88. The van der Waals surface area contributed by atoms with E-state index in [2.05, 4.69) is 10.3 Å². The summed E-state index contributed by atoms with van der Waals surface area (Å²) in [4.78, 5) is 26.6. The zero-order valence-electron chi connectivity index (χ0n) is 15.9. The van der Waals surface area contributed by atoms with Gasteiger partial charge in [0.05, 0.1) is 5.56 Å². The van der Waals surface area contributed by atoms with Gasteiger partial charge in [0.15, 0.2) is 0 Å². The van der Waals surface area contributed by atoms with Crippen molar-refractivity contribution in [1.29, 1.82) is 0 Å². The molecule has 1 aromatic heterocycles. The largest absolute Gasteiger partial charge is 0.352 e. The van der Waals surface area contributed by atoms with Crippen molar-refractivity contribution in [3.8, 4) is 0 Å². The summed E-state index contributed by atoms with van der Waals surface area (Å²) in [6.45, 7) is 0.390. The van der Waals surface area contributed by atoms with Crippen LogP contribution >= 0.6 is 0 Å². The Bertz CT molecular complexity index is 1040. The molecule has 0 aliphatic rings. The Morgan fingerprint density at radius 3 is 2.21 bits per heavy atom. The van der Waals surface area contributed by atoms with Crippen molar-refractivity contribution in [1.82, 2.24) is 10.3 Å². The second-order valence-corrected chi connectivity index (χ2v) is 7.99. The summed E-state index contributed by atoms with van der Waals surface area (Å²) in [6, 6.07) is 16.5. The molecule has 3 rings (SSSR count). The van der Waals surface area contributed by atoms with Gasteiger partial charge in [-0.1, -0.05) is 24.3 Å². The normalized spacial score (nSPS) is 12.9. The molecule has 0 saturated heterocycles. The molecule has 0 aliphatic heterocycles. The fraction of sp³-hybridized carbons (Fsp3) is 0.182. The van der Waals surface area contributed by atoms with Crippen LogP contribution in [0.3, 0.4) is 0 Å². The van der Waals surface area contributed by atoms with Crippen LogP contribution in [0.25, 0.3) is 0 Å². The molecule has 0 aliphatic carbocycles. The first kappa shape index (κ1) is 20.7. The van der Waals surface area contributed by atoms with Crippen molar-refractivity contribution in [2.75, 3.05) is 12.8 Å². The van der Waals surface area contributed by atoms with Crippen LogP contribution in [-0.2, 0) is 10.8 Å². The van der Waals surface area contributed by atoms with Gasteiger partial charge in [-0.05, 0) is 47.9 Å². The molecule has 2 unspecified atom stereocenters. The smallest absolute Gasteiger partial charge is 0.252 e. The van der Waals surface area contributed by atoms with Crippen LogP contribution in [0, 0.1) is 5.82 Å². The number of hydrogen-bond donors (Lipinski definition) is 2. The van der Waals surface area contributed by atoms with E-state index in [9.17, 15) is 18.2 Å². The SMILES string of the molecule is CS(=O)c1ccc(C(CCNC(=O)c2ccc(=O)[nH]c2)c2ccc(F)cc2)cc1. The predicted molar refractivity (Wildman–Crippen MR) is 111 cm³/mol. The summed E-state index contributed by atoms with van der Waals surface area (Å²) in [5.74, 6) is -0.655. The number of amides is 1. The second-order valence-electron chi connectivity index (χ2n) is 6.61. The molecular weight excluding hydrogens is 391 g/mol. The van der Waals surface area contributed by atoms with E-state index in [0.717, 1.165) is 16.0 Å². The standard InChI is InChI=1S/C22H21FN2O3S/c1-29(28)19-9-4-16(5-10-19)20(15-2-7-18(23)8-3-15)12-13-24-22(27)17-6-11-21(26)25-14-17/h2-11,14,20H,12-13H2,1H3,(H,24,27)(H,25,26). The van der Waals surface area contributed by atoms with Gasteiger partial charge >= 0.3 is 0 Å². The van der Waals surface area contributed by atoms with Crippen molar-refractivity contribution < 1.29 is 13.4 Å². The third kappa shape index (κ3) is 5.48. The maximum Gasteiger partial charge on any atom is 0.252 e. The zero-order valence-corrected chi connectivity index (χ0v) is 16.7. The van der Waals surface area contributed by atoms with E-state index in [-0.39, 0.29) is 23.2 Å². The molecule has 150 valence electrons. The average molecular weight is 412 g/mol. The maximum atomic E-state index is 13.4. The van der Waals surface area contributed by atoms with Crippen LogP contribution in [-0.4, -0.2) is 27.9 Å². The van der Waals surface area contributed by atoms with E-state index in [0.29, 0.717) is 18.5 Å². The molecule has 0 fully saturated rings. The predicted octanol–water partition coefficient (Wildman–Crippen LogP) is 3.20. The van der Waals surface area contributed by atoms with Gasteiger partial charge < -0.3 is 10.3 Å². The summed E-state index contributed by atoms with van der Waals surface area (Å²) in [7, 11) is -1.06. The molecule has 1 amide bonds. The number of halogens is 1. The first-order valence-electron chi connectivity index (χ1n) is 9.10. The van der Waals surface area contributed by atoms with Gasteiger partial charge in [0.2, 0.25) is 5.56 Å². The first-order chi connectivity index (χ1) is 13.9. The maximum absolute atomic E-state index is 13.4. The molecule has 0 saturated carbocycles. The highest BCUT2D eigenvalue weighted by molar-refractivity contribution is 7.84. The van der Waals surface area contributed by atoms with Gasteiger partial charge in [0.1, 0.15) is 5.82 Å². The third-order valence-electron chi connectivity index (χ3n) is 4.65. The molecule has 5 nitrogen and oxygen atoms in total. The van der Waals surface area contributed by atoms with E-state index in [1.54, 1.807) is 18.4 Å². The van der Waals surface area contributed by atoms with Crippen LogP contribution in [0.1, 0.15) is 33.8 Å². The van der Waals surface area contributed by atoms with Crippen LogP contribution in [0.5, 0.6) is 0 Å². The van der Waals surface area contributed by atoms with Crippen molar-refractivity contribution >= 4 is 16.7 Å². The van der Waals surface area contributed by atoms with E-state index in [1.807, 2.05) is 24.3 Å². The first-order valence-corrected chi connectivity index (χ1v) is 10.7. The number of aromatic nitrogens is 1. The van der Waals surface area contributed by atoms with Gasteiger partial charge in [-0.25, -0.2) is 4.39 Å². The highest BCUT2D eigenvalue weighted by Crippen LogP contribution is 2.28. The van der Waals surface area contributed by atoms with Crippen molar-refractivity contribution in [3.63, 3.8) is 0 Å². The monoisotopic (exact) mass is 412 g/mol. The number of aromatic amines is 1. The number of carbonyl (C=O) groups is 1. The van der Waals surface area contributed by atoms with E-state index in [4.69, 9.17) is 0 Å². The fourth-order valence-corrected chi connectivity index (χ4v) is 3.62. The van der Waals surface area contributed by atoms with Crippen molar-refractivity contribution in [2.24, 2.45) is 0 Å². The number of carbonyl (C=O) groups excluding carboxylic acids is 1. The third-order valence-corrected chi connectivity index (χ3v) is 5.59. The van der Waals surface area contributed by atoms with Gasteiger partial charge in [-0.2, -0.15) is 0 Å². The lowest BCUT2D eigenvalue weighted by molar-refractivity contribution is 0.0952. The molecule has 0 bridgehead atoms. The van der Waals surface area contributed by atoms with Crippen LogP contribution in [0.2, 0.25) is 0 Å². The minimum absolute atomic E-state index is 0.0641. The Morgan fingerprint density at radius 2 is 1.66 bits per heavy atom. The second kappa shape index (κ2) is 9.43. The number of pyridine rings is 1. The van der Waals surface area contributed by atoms with E-state index < -0.39 is 10.8 Å². The summed E-state index contributed by atoms with van der Waals surface area (Å²) in [5.41, 5.74) is 2.02. The fourth-order valence-electron chi connectivity index (χ4n) is 3.10. The molecule has 3 aromatic rings. The highest BCUT2D eigenvalue weighted by atomic mass is 32.2. The van der Waals surface area contributed by atoms with Crippen molar-refractivity contribution in [3.05, 3.63) is 99.7 Å². The number of hydrogen-bond acceptors (Lipinski definition) is 3. The topological polar surface area (TPSA) is 79.0 Å². The number of H-pyrrole nitrogens is 1. The molecule has 29 heavy (non-hydrogen) atoms. The van der Waals surface area contributed by atoms with Gasteiger partial charge in [0, 0.05) is 46.7 Å². The Balaban J connectivity index is 1.75. The van der Waals surface area contributed by atoms with Gasteiger partial charge in [0.25, 0.3) is 5.91 Å². The Hall–Kier alpha value is -3.06. The molecule has 0 spiro atoms. The minimum atomic E-state index is -1.06. The number of benzene rings is 2. The van der Waals surface area contributed by atoms with Gasteiger partial charge in [-0.15, -0.1) is 0 Å². The molecule has 7 heteroatoms. The summed E-state index contributed by atoms with van der Waals surface area (Å²) in [6.07, 6.45) is 3.59. The summed E-state index contributed by atoms with van der Waals surface area (Å²) in [5, 5.41) is 2.85. The Labute approximate surface area is 170 Å². The quantitative estimate of drug-likeness (QED) is 0.626. The summed E-state index contributed by atoms with van der Waals surface area (Å²) >= 11 is 0. The Kier molecular flexibility index (Phi) is 6.72. The minimum Gasteiger partial charge on any atom is -0.352 e. The van der Waals surface area contributed by atoms with E-state index in [1.165, 1.54) is 30.5 Å². The molecule has 2 atom stereocenters. The molecule has 1 heterocycles. The van der Waals surface area contributed by atoms with E-state index >= 15 is 0 Å². The molecule has 2 aromatic carbocycles. The summed E-state index contributed by atoms with van der Waals surface area (Å²) < 4.78 is 25.0. The lowest BCUT2D eigenvalue weighted by Crippen LogP contribution is -2.26. The molecule has 0 radical (unpaired) electrons. The van der Waals surface area contributed by atoms with Gasteiger partial charge in [-0.3, -0.25) is 13.8 Å². The van der Waals surface area contributed by atoms with Crippen LogP contribution in [0.15, 0.2) is 76.6 Å². The zero-order chi connectivity index (χ0) is 20.8. The number of rotatable bonds is 7. The average Bonchev–Trinajstić information content (AvgIpc) is 2.72. The molecule has 2 N–H and O–H groups in total. The van der Waals surface area contributed by atoms with Crippen LogP contribution < -0.4 is 10.9 Å². The van der Waals surface area contributed by atoms with Crippen LogP contribution in [0.4, 0.5) is 4.39 Å². The number of nitrogens with one attached hydrogen (secondary N) is 2. The lowest BCUT2D eigenvalue weighted by Gasteiger charge is -2.19. The highest BCUT2D eigenvalue weighted by Gasteiger charge is 2.16. The Morgan fingerprint density at radius 1 is 1.03 bits per heavy atom. The van der Waals surface area contributed by atoms with Crippen molar-refractivity contribution in [2.45, 2.75) is 17.2 Å². The molecular formula is C22H21FN2O3S.